The summed E-state index contributed by atoms with van der Waals surface area (Å²) >= 11 is 0. The van der Waals surface area contributed by atoms with E-state index >= 15 is 0 Å². The van der Waals surface area contributed by atoms with Gasteiger partial charge in [0.25, 0.3) is 0 Å². The molecule has 0 rings (SSSR count). The van der Waals surface area contributed by atoms with E-state index in [0.717, 1.165) is 12.8 Å². The van der Waals surface area contributed by atoms with Gasteiger partial charge < -0.3 is 0 Å². The molecule has 1 radical (unpaired) electrons. The van der Waals surface area contributed by atoms with Crippen LogP contribution >= 0.6 is 0 Å². The van der Waals surface area contributed by atoms with Crippen LogP contribution in [0.15, 0.2) is 0 Å². The van der Waals surface area contributed by atoms with E-state index < -0.39 is 0 Å². The Labute approximate surface area is 88.9 Å². The summed E-state index contributed by atoms with van der Waals surface area (Å²) in [5.74, 6) is 0. The van der Waals surface area contributed by atoms with Crippen LogP contribution in [0.4, 0.5) is 0 Å². The molecule has 0 saturated carbocycles. The highest BCUT2D eigenvalue weighted by molar-refractivity contribution is 4.54. The number of hydrogen-bond acceptors (Lipinski definition) is 2. The molecule has 0 aromatic carbocycles. The summed E-state index contributed by atoms with van der Waals surface area (Å²) in [5, 5.41) is 0. The Morgan fingerprint density at radius 2 is 1.50 bits per heavy atom. The van der Waals surface area contributed by atoms with Gasteiger partial charge in [-0.3, -0.25) is 0 Å². The molecule has 0 N–H and O–H groups in total. The van der Waals surface area contributed by atoms with E-state index in [2.05, 4.69) is 6.92 Å². The molecule has 0 unspecified atom stereocenters. The van der Waals surface area contributed by atoms with Crippen LogP contribution in [0.3, 0.4) is 0 Å². The third kappa shape index (κ3) is 11.9. The van der Waals surface area contributed by atoms with Crippen LogP contribution in [0.25, 0.3) is 0 Å². The van der Waals surface area contributed by atoms with E-state index in [1.807, 2.05) is 20.8 Å². The lowest BCUT2D eigenvalue weighted by atomic mass is 10.1. The van der Waals surface area contributed by atoms with Crippen molar-refractivity contribution in [2.45, 2.75) is 64.9 Å². The molecule has 0 heterocycles. The molecule has 0 atom stereocenters. The Morgan fingerprint density at radius 1 is 0.929 bits per heavy atom. The minimum Gasteiger partial charge on any atom is -0.236 e. The van der Waals surface area contributed by atoms with Crippen molar-refractivity contribution in [2.75, 3.05) is 6.61 Å². The van der Waals surface area contributed by atoms with Gasteiger partial charge in [-0.2, -0.15) is 0 Å². The largest absolute Gasteiger partial charge is 0.236 e. The van der Waals surface area contributed by atoms with Crippen LogP contribution in [0.5, 0.6) is 0 Å². The van der Waals surface area contributed by atoms with Crippen molar-refractivity contribution in [3.63, 3.8) is 0 Å². The highest BCUT2D eigenvalue weighted by atomic mass is 17.2. The van der Waals surface area contributed by atoms with Gasteiger partial charge in [0, 0.05) is 0 Å². The van der Waals surface area contributed by atoms with Gasteiger partial charge in [0.15, 0.2) is 0 Å². The van der Waals surface area contributed by atoms with Gasteiger partial charge in [0.2, 0.25) is 0 Å². The maximum Gasteiger partial charge on any atom is 0.0952 e. The fourth-order valence-corrected chi connectivity index (χ4v) is 1.09. The second-order valence-electron chi connectivity index (χ2n) is 4.64. The lowest BCUT2D eigenvalue weighted by Gasteiger charge is -2.17. The van der Waals surface area contributed by atoms with E-state index in [-0.39, 0.29) is 5.60 Å². The average molecular weight is 201 g/mol. The Balaban J connectivity index is 2.99. The molecule has 0 amide bonds. The molecular formula is C12H25O2. The van der Waals surface area contributed by atoms with Crippen LogP contribution in [0.1, 0.15) is 59.3 Å². The van der Waals surface area contributed by atoms with Crippen molar-refractivity contribution >= 4 is 0 Å². The molecule has 2 heteroatoms. The van der Waals surface area contributed by atoms with Crippen molar-refractivity contribution in [1.82, 2.24) is 0 Å². The topological polar surface area (TPSA) is 18.5 Å². The predicted octanol–water partition coefficient (Wildman–Crippen LogP) is 3.91. The first-order valence-electron chi connectivity index (χ1n) is 5.66. The van der Waals surface area contributed by atoms with E-state index in [1.54, 1.807) is 0 Å². The molecule has 14 heavy (non-hydrogen) atoms. The smallest absolute Gasteiger partial charge is 0.0952 e. The zero-order valence-electron chi connectivity index (χ0n) is 9.97. The Bertz CT molecular complexity index is 116. The fourth-order valence-electron chi connectivity index (χ4n) is 1.09. The summed E-state index contributed by atoms with van der Waals surface area (Å²) in [6.07, 6.45) is 7.21. The van der Waals surface area contributed by atoms with E-state index in [0.29, 0.717) is 6.61 Å². The molecule has 0 fully saturated rings. The van der Waals surface area contributed by atoms with Crippen LogP contribution < -0.4 is 0 Å². The molecule has 0 spiro atoms. The molecule has 2 nitrogen and oxygen atoms in total. The second kappa shape index (κ2) is 8.25. The van der Waals surface area contributed by atoms with Gasteiger partial charge in [-0.15, -0.1) is 0 Å². The third-order valence-corrected chi connectivity index (χ3v) is 1.79. The lowest BCUT2D eigenvalue weighted by Crippen LogP contribution is -2.19. The molecule has 85 valence electrons. The third-order valence-electron chi connectivity index (χ3n) is 1.79. The van der Waals surface area contributed by atoms with Crippen molar-refractivity contribution < 1.29 is 9.78 Å². The molecule has 0 aliphatic carbocycles. The van der Waals surface area contributed by atoms with Crippen LogP contribution in [-0.2, 0) is 9.78 Å². The standard InChI is InChI=1S/C12H25O2/c1-5-6-7-8-9-10-11-13-14-12(2,3)4/h1,5-11H2,2-4H3. The first-order chi connectivity index (χ1) is 6.56. The van der Waals surface area contributed by atoms with Gasteiger partial charge in [-0.25, -0.2) is 9.78 Å². The molecule has 0 aromatic rings. The number of rotatable bonds is 8. The Hall–Kier alpha value is -0.0800. The van der Waals surface area contributed by atoms with Crippen molar-refractivity contribution in [3.05, 3.63) is 6.92 Å². The van der Waals surface area contributed by atoms with Crippen molar-refractivity contribution in [1.29, 1.82) is 0 Å². The van der Waals surface area contributed by atoms with Crippen molar-refractivity contribution in [2.24, 2.45) is 0 Å². The van der Waals surface area contributed by atoms with Gasteiger partial charge in [-0.1, -0.05) is 39.0 Å². The van der Waals surface area contributed by atoms with E-state index in [1.165, 1.54) is 25.7 Å². The first kappa shape index (κ1) is 13.9. The zero-order valence-corrected chi connectivity index (χ0v) is 9.97. The van der Waals surface area contributed by atoms with Gasteiger partial charge >= 0.3 is 0 Å². The minimum absolute atomic E-state index is 0.187. The maximum absolute atomic E-state index is 5.15. The molecule has 0 saturated heterocycles. The lowest BCUT2D eigenvalue weighted by molar-refractivity contribution is -0.348. The SMILES string of the molecule is [CH2]CCCCCCCOOC(C)(C)C. The molecular weight excluding hydrogens is 176 g/mol. The Morgan fingerprint density at radius 3 is 2.07 bits per heavy atom. The van der Waals surface area contributed by atoms with E-state index in [9.17, 15) is 0 Å². The van der Waals surface area contributed by atoms with Crippen LogP contribution in [-0.4, -0.2) is 12.2 Å². The number of unbranched alkanes of at least 4 members (excludes halogenated alkanes) is 5. The normalized spacial score (nSPS) is 12.0. The summed E-state index contributed by atoms with van der Waals surface area (Å²) in [5.41, 5.74) is -0.187. The summed E-state index contributed by atoms with van der Waals surface area (Å²) in [4.78, 5) is 10.2. The molecule has 0 aliphatic rings. The summed E-state index contributed by atoms with van der Waals surface area (Å²) in [7, 11) is 0. The summed E-state index contributed by atoms with van der Waals surface area (Å²) in [6, 6.07) is 0. The summed E-state index contributed by atoms with van der Waals surface area (Å²) < 4.78 is 0. The highest BCUT2D eigenvalue weighted by Gasteiger charge is 2.10. The first-order valence-corrected chi connectivity index (χ1v) is 5.66. The van der Waals surface area contributed by atoms with Gasteiger partial charge in [0.1, 0.15) is 0 Å². The quantitative estimate of drug-likeness (QED) is 0.337. The van der Waals surface area contributed by atoms with E-state index in [4.69, 9.17) is 9.78 Å². The average Bonchev–Trinajstić information content (AvgIpc) is 2.08. The minimum atomic E-state index is -0.187. The van der Waals surface area contributed by atoms with Crippen LogP contribution in [0.2, 0.25) is 0 Å². The number of hydrogen-bond donors (Lipinski definition) is 0. The molecule has 0 bridgehead atoms. The predicted molar refractivity (Wildman–Crippen MR) is 59.8 cm³/mol. The van der Waals surface area contributed by atoms with Crippen molar-refractivity contribution in [3.8, 4) is 0 Å². The maximum atomic E-state index is 5.15. The Kier molecular flexibility index (Phi) is 8.20. The molecule has 0 aromatic heterocycles. The second-order valence-corrected chi connectivity index (χ2v) is 4.64. The van der Waals surface area contributed by atoms with Gasteiger partial charge in [0.05, 0.1) is 12.2 Å². The highest BCUT2D eigenvalue weighted by Crippen LogP contribution is 2.09. The zero-order chi connectivity index (χ0) is 10.9. The summed E-state index contributed by atoms with van der Waals surface area (Å²) in [6.45, 7) is 10.5. The van der Waals surface area contributed by atoms with Crippen LogP contribution in [0, 0.1) is 6.92 Å². The van der Waals surface area contributed by atoms with Gasteiger partial charge in [-0.05, 0) is 27.2 Å². The fraction of sp³-hybridized carbons (Fsp3) is 0.917. The molecule has 0 aliphatic heterocycles. The monoisotopic (exact) mass is 201 g/mol.